The summed E-state index contributed by atoms with van der Waals surface area (Å²) in [7, 11) is -3.97. The Bertz CT molecular complexity index is 1450. The first kappa shape index (κ1) is 27.7. The van der Waals surface area contributed by atoms with Gasteiger partial charge in [-0.1, -0.05) is 23.8 Å². The molecule has 6 nitrogen and oxygen atoms in total. The second-order valence-corrected chi connectivity index (χ2v) is 11.7. The molecule has 38 heavy (non-hydrogen) atoms. The highest BCUT2D eigenvalue weighted by Gasteiger charge is 2.27. The third kappa shape index (κ3) is 6.05. The molecule has 0 amide bonds. The highest BCUT2D eigenvalue weighted by molar-refractivity contribution is 7.87. The lowest BCUT2D eigenvalue weighted by molar-refractivity contribution is 0.158. The Morgan fingerprint density at radius 3 is 2.50 bits per heavy atom. The average Bonchev–Trinajstić information content (AvgIpc) is 2.81. The molecule has 0 radical (unpaired) electrons. The molecule has 2 heterocycles. The van der Waals surface area contributed by atoms with E-state index in [1.165, 1.54) is 0 Å². The average molecular weight is 537 g/mol. The Labute approximate surface area is 226 Å². The fraction of sp³-hybridized carbons (Fsp3) is 0.355. The van der Waals surface area contributed by atoms with Crippen molar-refractivity contribution in [2.75, 3.05) is 19.8 Å². The van der Waals surface area contributed by atoms with Crippen molar-refractivity contribution >= 4 is 22.3 Å². The highest BCUT2D eigenvalue weighted by atomic mass is 32.2. The molecule has 0 bridgehead atoms. The lowest BCUT2D eigenvalue weighted by atomic mass is 9.95. The van der Waals surface area contributed by atoms with Gasteiger partial charge in [0.15, 0.2) is 0 Å². The Hall–Kier alpha value is -3.29. The molecule has 0 aliphatic carbocycles. The van der Waals surface area contributed by atoms with Gasteiger partial charge in [-0.15, -0.1) is 0 Å². The van der Waals surface area contributed by atoms with Crippen LogP contribution in [0, 0.1) is 20.8 Å². The molecule has 0 atom stereocenters. The largest absolute Gasteiger partial charge is 0.487 e. The number of hydrogen-bond donors (Lipinski definition) is 0. The van der Waals surface area contributed by atoms with Crippen molar-refractivity contribution in [3.8, 4) is 11.5 Å². The Balaban J connectivity index is 1.62. The van der Waals surface area contributed by atoms with E-state index in [0.29, 0.717) is 30.9 Å². The van der Waals surface area contributed by atoms with Crippen molar-refractivity contribution in [2.45, 2.75) is 59.0 Å². The summed E-state index contributed by atoms with van der Waals surface area (Å²) in [5.74, 6) is 1.85. The van der Waals surface area contributed by atoms with E-state index >= 15 is 0 Å². The minimum Gasteiger partial charge on any atom is -0.487 e. The summed E-state index contributed by atoms with van der Waals surface area (Å²) in [6.07, 6.45) is 9.65. The van der Waals surface area contributed by atoms with Crippen molar-refractivity contribution < 1.29 is 26.8 Å². The van der Waals surface area contributed by atoms with E-state index in [4.69, 9.17) is 18.4 Å². The quantitative estimate of drug-likeness (QED) is 0.209. The topological polar surface area (TPSA) is 71.1 Å². The van der Waals surface area contributed by atoms with Gasteiger partial charge in [0, 0.05) is 12.2 Å². The molecule has 0 unspecified atom stereocenters. The van der Waals surface area contributed by atoms with Gasteiger partial charge in [-0.2, -0.15) is 8.42 Å². The van der Waals surface area contributed by atoms with Gasteiger partial charge in [0.2, 0.25) is 0 Å². The van der Waals surface area contributed by atoms with E-state index in [1.54, 1.807) is 26.8 Å². The molecule has 2 aliphatic heterocycles. The monoisotopic (exact) mass is 536 g/mol. The molecular weight excluding hydrogens is 500 g/mol. The Kier molecular flexibility index (Phi) is 7.90. The zero-order chi connectivity index (χ0) is 27.7. The van der Waals surface area contributed by atoms with Crippen molar-refractivity contribution in [2.24, 2.45) is 0 Å². The molecule has 0 spiro atoms. The van der Waals surface area contributed by atoms with Crippen LogP contribution in [0.25, 0.3) is 12.2 Å². The second kappa shape index (κ2) is 10.8. The van der Waals surface area contributed by atoms with Crippen molar-refractivity contribution in [1.29, 1.82) is 0 Å². The van der Waals surface area contributed by atoms with Crippen LogP contribution >= 0.6 is 0 Å². The molecular formula is C31H36O6S. The molecule has 0 N–H and O–H groups in total. The number of fused-ring (bicyclic) bond motifs is 3. The van der Waals surface area contributed by atoms with Crippen LogP contribution in [-0.2, 0) is 19.0 Å². The number of rotatable bonds is 8. The van der Waals surface area contributed by atoms with Crippen LogP contribution in [0.1, 0.15) is 55.5 Å². The number of aryl methyl sites for hydroxylation is 3. The van der Waals surface area contributed by atoms with E-state index in [2.05, 4.69) is 12.2 Å². The van der Waals surface area contributed by atoms with E-state index in [1.807, 2.05) is 64.1 Å². The maximum atomic E-state index is 13.1. The molecule has 7 heteroatoms. The van der Waals surface area contributed by atoms with E-state index < -0.39 is 10.1 Å². The lowest BCUT2D eigenvalue weighted by Crippen LogP contribution is -2.27. The summed E-state index contributed by atoms with van der Waals surface area (Å²) in [5, 5.41) is 0. The van der Waals surface area contributed by atoms with Crippen LogP contribution in [-0.4, -0.2) is 33.8 Å². The SMILES string of the molecule is CCOC/C(=C\C=C(/C)OS(=O)(=O)c1c(C)cc(C)cc1C)C1=Cc2ccc3c(c2OC1)C=CC(C)(C)O3. The molecule has 202 valence electrons. The number of ether oxygens (including phenoxy) is 3. The fourth-order valence-corrected chi connectivity index (χ4v) is 6.16. The minimum atomic E-state index is -3.97. The van der Waals surface area contributed by atoms with Gasteiger partial charge in [-0.3, -0.25) is 0 Å². The molecule has 2 aromatic rings. The highest BCUT2D eigenvalue weighted by Crippen LogP contribution is 2.42. The standard InChI is InChI=1S/C31H36O6S/c1-8-34-18-25(10-9-23(5)37-38(32,33)30-21(3)15-20(2)16-22(30)4)26-17-24-11-12-28-27(29(24)35-19-26)13-14-31(6,7)36-28/h9-17H,8,18-19H2,1-7H3/b23-9+,25-10+. The minimum absolute atomic E-state index is 0.208. The third-order valence-corrected chi connectivity index (χ3v) is 8.03. The van der Waals surface area contributed by atoms with Gasteiger partial charge in [0.1, 0.15) is 34.4 Å². The second-order valence-electron chi connectivity index (χ2n) is 10.3. The maximum Gasteiger partial charge on any atom is 0.339 e. The van der Waals surface area contributed by atoms with Gasteiger partial charge in [0.05, 0.1) is 12.2 Å². The predicted octanol–water partition coefficient (Wildman–Crippen LogP) is 6.84. The zero-order valence-electron chi connectivity index (χ0n) is 23.2. The predicted molar refractivity (Wildman–Crippen MR) is 151 cm³/mol. The van der Waals surface area contributed by atoms with Gasteiger partial charge in [-0.25, -0.2) is 0 Å². The van der Waals surface area contributed by atoms with Crippen molar-refractivity contribution in [1.82, 2.24) is 0 Å². The van der Waals surface area contributed by atoms with Crippen molar-refractivity contribution in [3.05, 3.63) is 87.2 Å². The normalized spacial score (nSPS) is 16.7. The molecule has 2 aromatic carbocycles. The number of hydrogen-bond acceptors (Lipinski definition) is 6. The van der Waals surface area contributed by atoms with Crippen LogP contribution < -0.4 is 9.47 Å². The first-order valence-corrected chi connectivity index (χ1v) is 14.2. The fourth-order valence-electron chi connectivity index (χ4n) is 4.77. The van der Waals surface area contributed by atoms with Crippen LogP contribution in [0.2, 0.25) is 0 Å². The zero-order valence-corrected chi connectivity index (χ0v) is 24.0. The molecule has 0 saturated heterocycles. The molecule has 2 aliphatic rings. The summed E-state index contributed by atoms with van der Waals surface area (Å²) in [4.78, 5) is 0.208. The lowest BCUT2D eigenvalue weighted by Gasteiger charge is -2.30. The van der Waals surface area contributed by atoms with E-state index in [-0.39, 0.29) is 16.3 Å². The third-order valence-electron chi connectivity index (χ3n) is 6.40. The Morgan fingerprint density at radius 1 is 1.11 bits per heavy atom. The summed E-state index contributed by atoms with van der Waals surface area (Å²) in [6, 6.07) is 7.64. The van der Waals surface area contributed by atoms with Gasteiger partial charge in [0.25, 0.3) is 0 Å². The van der Waals surface area contributed by atoms with Gasteiger partial charge < -0.3 is 18.4 Å². The number of benzene rings is 2. The number of allylic oxidation sites excluding steroid dienone is 3. The summed E-state index contributed by atoms with van der Waals surface area (Å²) in [6.45, 7) is 14.4. The van der Waals surface area contributed by atoms with Gasteiger partial charge in [-0.05, 0) is 107 Å². The first-order valence-electron chi connectivity index (χ1n) is 12.8. The molecule has 0 aromatic heterocycles. The van der Waals surface area contributed by atoms with Crippen LogP contribution in [0.3, 0.4) is 0 Å². The Morgan fingerprint density at radius 2 is 1.82 bits per heavy atom. The van der Waals surface area contributed by atoms with E-state index in [9.17, 15) is 8.42 Å². The maximum absolute atomic E-state index is 13.1. The summed E-state index contributed by atoms with van der Waals surface area (Å²) in [5.41, 5.74) is 5.69. The van der Waals surface area contributed by atoms with Gasteiger partial charge >= 0.3 is 10.1 Å². The summed E-state index contributed by atoms with van der Waals surface area (Å²) < 4.78 is 49.6. The molecule has 0 saturated carbocycles. The van der Waals surface area contributed by atoms with Crippen LogP contribution in [0.15, 0.2) is 64.3 Å². The smallest absolute Gasteiger partial charge is 0.339 e. The first-order chi connectivity index (χ1) is 17.9. The summed E-state index contributed by atoms with van der Waals surface area (Å²) >= 11 is 0. The van der Waals surface area contributed by atoms with E-state index in [0.717, 1.165) is 39.3 Å². The van der Waals surface area contributed by atoms with Crippen LogP contribution in [0.5, 0.6) is 11.5 Å². The van der Waals surface area contributed by atoms with Crippen LogP contribution in [0.4, 0.5) is 0 Å². The molecule has 0 fully saturated rings. The van der Waals surface area contributed by atoms with Crippen molar-refractivity contribution in [3.63, 3.8) is 0 Å². The molecule has 4 rings (SSSR count).